The zero-order valence-electron chi connectivity index (χ0n) is 8.28. The van der Waals surface area contributed by atoms with E-state index in [1.807, 2.05) is 18.2 Å². The van der Waals surface area contributed by atoms with E-state index in [-0.39, 0.29) is 11.8 Å². The monoisotopic (exact) mass is 199 g/mol. The summed E-state index contributed by atoms with van der Waals surface area (Å²) >= 11 is 0. The number of carbonyl (C=O) groups excluding carboxylic acids is 2. The first-order valence-corrected chi connectivity index (χ1v) is 4.86. The standard InChI is InChI=1S/C12H9NO2/c1-7-10-6-8-3-2-4-9(5-8)13(11(7)14)12(10)15/h2-5H,6H2,1H3. The van der Waals surface area contributed by atoms with Crippen LogP contribution in [0.2, 0.25) is 0 Å². The Bertz CT molecular complexity index is 528. The van der Waals surface area contributed by atoms with Gasteiger partial charge < -0.3 is 0 Å². The van der Waals surface area contributed by atoms with Gasteiger partial charge in [-0.15, -0.1) is 0 Å². The molecule has 1 aromatic rings. The first kappa shape index (κ1) is 8.41. The van der Waals surface area contributed by atoms with Crippen molar-refractivity contribution in [3.63, 3.8) is 0 Å². The second-order valence-corrected chi connectivity index (χ2v) is 3.90. The van der Waals surface area contributed by atoms with Gasteiger partial charge in [-0.1, -0.05) is 12.1 Å². The molecule has 2 amide bonds. The lowest BCUT2D eigenvalue weighted by molar-refractivity contribution is -0.120. The molecule has 1 aromatic carbocycles. The molecular formula is C12H9NO2. The van der Waals surface area contributed by atoms with Crippen LogP contribution >= 0.6 is 0 Å². The molecule has 2 heterocycles. The van der Waals surface area contributed by atoms with E-state index in [0.717, 1.165) is 5.56 Å². The Hall–Kier alpha value is -1.90. The molecule has 3 nitrogen and oxygen atoms in total. The number of imide groups is 1. The third-order valence-electron chi connectivity index (χ3n) is 2.99. The highest BCUT2D eigenvalue weighted by atomic mass is 16.2. The molecule has 0 unspecified atom stereocenters. The fraction of sp³-hybridized carbons (Fsp3) is 0.167. The predicted octanol–water partition coefficient (Wildman–Crippen LogP) is 1.43. The predicted molar refractivity (Wildman–Crippen MR) is 55.3 cm³/mol. The smallest absolute Gasteiger partial charge is 0.262 e. The summed E-state index contributed by atoms with van der Waals surface area (Å²) in [6, 6.07) is 7.54. The number of hydrogen-bond acceptors (Lipinski definition) is 2. The molecule has 2 aliphatic rings. The Kier molecular flexibility index (Phi) is 1.44. The average molecular weight is 199 g/mol. The summed E-state index contributed by atoms with van der Waals surface area (Å²) in [6.45, 7) is 1.72. The molecule has 74 valence electrons. The lowest BCUT2D eigenvalue weighted by Crippen LogP contribution is -2.30. The van der Waals surface area contributed by atoms with Crippen LogP contribution in [-0.2, 0) is 16.0 Å². The minimum atomic E-state index is -0.174. The van der Waals surface area contributed by atoms with Crippen LogP contribution in [0.4, 0.5) is 5.69 Å². The van der Waals surface area contributed by atoms with E-state index < -0.39 is 0 Å². The van der Waals surface area contributed by atoms with Gasteiger partial charge in [0.2, 0.25) is 0 Å². The largest absolute Gasteiger partial charge is 0.269 e. The van der Waals surface area contributed by atoms with Crippen molar-refractivity contribution in [1.82, 2.24) is 0 Å². The quantitative estimate of drug-likeness (QED) is 0.593. The van der Waals surface area contributed by atoms with Crippen LogP contribution in [0.5, 0.6) is 0 Å². The fourth-order valence-corrected chi connectivity index (χ4v) is 2.14. The van der Waals surface area contributed by atoms with Gasteiger partial charge in [0.15, 0.2) is 0 Å². The molecule has 0 aliphatic carbocycles. The summed E-state index contributed by atoms with van der Waals surface area (Å²) in [6.07, 6.45) is 0.570. The normalized spacial score (nSPS) is 18.6. The Morgan fingerprint density at radius 2 is 2.00 bits per heavy atom. The van der Waals surface area contributed by atoms with Gasteiger partial charge in [0, 0.05) is 17.6 Å². The maximum atomic E-state index is 11.9. The summed E-state index contributed by atoms with van der Waals surface area (Å²) in [4.78, 5) is 25.0. The Balaban J connectivity index is 2.31. The topological polar surface area (TPSA) is 37.4 Å². The minimum Gasteiger partial charge on any atom is -0.269 e. The SMILES string of the molecule is CC1=C2Cc3cccc(c3)N(C1=O)C2=O. The Morgan fingerprint density at radius 1 is 1.20 bits per heavy atom. The summed E-state index contributed by atoms with van der Waals surface area (Å²) in [5.41, 5.74) is 3.01. The molecule has 0 radical (unpaired) electrons. The van der Waals surface area contributed by atoms with Crippen molar-refractivity contribution >= 4 is 17.5 Å². The molecule has 15 heavy (non-hydrogen) atoms. The van der Waals surface area contributed by atoms with Crippen molar-refractivity contribution in [2.24, 2.45) is 0 Å². The van der Waals surface area contributed by atoms with E-state index in [2.05, 4.69) is 0 Å². The van der Waals surface area contributed by atoms with Gasteiger partial charge in [-0.25, -0.2) is 4.90 Å². The van der Waals surface area contributed by atoms with E-state index in [1.165, 1.54) is 4.90 Å². The van der Waals surface area contributed by atoms with Crippen LogP contribution in [-0.4, -0.2) is 11.8 Å². The maximum Gasteiger partial charge on any atom is 0.262 e. The number of fused-ring (bicyclic) bond motifs is 5. The van der Waals surface area contributed by atoms with Gasteiger partial charge in [-0.05, 0) is 24.6 Å². The molecule has 4 bridgehead atoms. The van der Waals surface area contributed by atoms with Crippen molar-refractivity contribution in [3.05, 3.63) is 41.0 Å². The van der Waals surface area contributed by atoms with Crippen LogP contribution in [0.15, 0.2) is 35.4 Å². The Morgan fingerprint density at radius 3 is 2.80 bits per heavy atom. The summed E-state index contributed by atoms with van der Waals surface area (Å²) in [5, 5.41) is 0. The number of hydrogen-bond donors (Lipinski definition) is 0. The number of anilines is 1. The van der Waals surface area contributed by atoms with E-state index in [0.29, 0.717) is 23.3 Å². The van der Waals surface area contributed by atoms with Crippen LogP contribution in [0.3, 0.4) is 0 Å². The van der Waals surface area contributed by atoms with Crippen LogP contribution in [0, 0.1) is 0 Å². The van der Waals surface area contributed by atoms with Crippen molar-refractivity contribution in [2.45, 2.75) is 13.3 Å². The average Bonchev–Trinajstić information content (AvgIpc) is 2.39. The number of amides is 2. The van der Waals surface area contributed by atoms with Gasteiger partial charge in [0.1, 0.15) is 0 Å². The van der Waals surface area contributed by atoms with Crippen molar-refractivity contribution < 1.29 is 9.59 Å². The van der Waals surface area contributed by atoms with Gasteiger partial charge in [-0.3, -0.25) is 9.59 Å². The van der Waals surface area contributed by atoms with E-state index in [9.17, 15) is 9.59 Å². The van der Waals surface area contributed by atoms with Crippen LogP contribution < -0.4 is 4.90 Å². The maximum absolute atomic E-state index is 11.9. The molecule has 0 spiro atoms. The fourth-order valence-electron chi connectivity index (χ4n) is 2.14. The highest BCUT2D eigenvalue weighted by Gasteiger charge is 2.38. The first-order valence-electron chi connectivity index (χ1n) is 4.86. The molecule has 0 fully saturated rings. The van der Waals surface area contributed by atoms with Gasteiger partial charge in [-0.2, -0.15) is 0 Å². The molecule has 0 aromatic heterocycles. The van der Waals surface area contributed by atoms with Crippen molar-refractivity contribution in [1.29, 1.82) is 0 Å². The van der Waals surface area contributed by atoms with Crippen molar-refractivity contribution in [3.8, 4) is 0 Å². The summed E-state index contributed by atoms with van der Waals surface area (Å²) in [5.74, 6) is -0.328. The van der Waals surface area contributed by atoms with E-state index >= 15 is 0 Å². The number of benzene rings is 1. The van der Waals surface area contributed by atoms with Gasteiger partial charge in [0.05, 0.1) is 5.69 Å². The van der Waals surface area contributed by atoms with Gasteiger partial charge in [0.25, 0.3) is 11.8 Å². The Labute approximate surface area is 87.0 Å². The molecule has 0 atom stereocenters. The van der Waals surface area contributed by atoms with E-state index in [4.69, 9.17) is 0 Å². The van der Waals surface area contributed by atoms with Gasteiger partial charge >= 0.3 is 0 Å². The lowest BCUT2D eigenvalue weighted by atomic mass is 10.0. The van der Waals surface area contributed by atoms with Crippen molar-refractivity contribution in [2.75, 3.05) is 4.90 Å². The second-order valence-electron chi connectivity index (χ2n) is 3.90. The molecular weight excluding hydrogens is 190 g/mol. The number of nitrogens with zero attached hydrogens (tertiary/aromatic N) is 1. The number of carbonyl (C=O) groups is 2. The first-order chi connectivity index (χ1) is 7.18. The molecule has 3 rings (SSSR count). The second kappa shape index (κ2) is 2.57. The molecule has 0 N–H and O–H groups in total. The molecule has 2 aliphatic heterocycles. The summed E-state index contributed by atoms with van der Waals surface area (Å²) in [7, 11) is 0. The molecule has 3 heteroatoms. The highest BCUT2D eigenvalue weighted by molar-refractivity contribution is 6.33. The molecule has 0 saturated carbocycles. The van der Waals surface area contributed by atoms with E-state index in [1.54, 1.807) is 13.0 Å². The third kappa shape index (κ3) is 0.947. The minimum absolute atomic E-state index is 0.154. The highest BCUT2D eigenvalue weighted by Crippen LogP contribution is 2.33. The molecule has 0 saturated heterocycles. The van der Waals surface area contributed by atoms with Crippen LogP contribution in [0.25, 0.3) is 0 Å². The summed E-state index contributed by atoms with van der Waals surface area (Å²) < 4.78 is 0. The zero-order chi connectivity index (χ0) is 10.6. The zero-order valence-corrected chi connectivity index (χ0v) is 8.28. The third-order valence-corrected chi connectivity index (χ3v) is 2.99. The lowest BCUT2D eigenvalue weighted by Gasteiger charge is -2.13. The number of rotatable bonds is 0. The van der Waals surface area contributed by atoms with Crippen LogP contribution in [0.1, 0.15) is 12.5 Å².